The van der Waals surface area contributed by atoms with Gasteiger partial charge in [0.15, 0.2) is 0 Å². The lowest BCUT2D eigenvalue weighted by Gasteiger charge is -2.21. The van der Waals surface area contributed by atoms with Crippen LogP contribution in [0.15, 0.2) is 65.3 Å². The van der Waals surface area contributed by atoms with E-state index in [1.165, 1.54) is 11.6 Å². The van der Waals surface area contributed by atoms with Gasteiger partial charge in [0, 0.05) is 31.1 Å². The van der Waals surface area contributed by atoms with Crippen LogP contribution in [0.3, 0.4) is 0 Å². The summed E-state index contributed by atoms with van der Waals surface area (Å²) in [5, 5.41) is 19.0. The van der Waals surface area contributed by atoms with Crippen molar-refractivity contribution in [3.05, 3.63) is 77.6 Å². The maximum atomic E-state index is 11.0. The predicted molar refractivity (Wildman–Crippen MR) is 108 cm³/mol. The lowest BCUT2D eigenvalue weighted by atomic mass is 10.1. The third-order valence-corrected chi connectivity index (χ3v) is 4.57. The third kappa shape index (κ3) is 5.53. The maximum absolute atomic E-state index is 11.0. The van der Waals surface area contributed by atoms with Crippen molar-refractivity contribution in [2.24, 2.45) is 0 Å². The molecule has 3 N–H and O–H groups in total. The summed E-state index contributed by atoms with van der Waals surface area (Å²) in [6, 6.07) is 16.0. The Balaban J connectivity index is 1.59. The van der Waals surface area contributed by atoms with Crippen LogP contribution in [0.4, 0.5) is 0 Å². The molecular formula is C22H24N2O4. The van der Waals surface area contributed by atoms with Gasteiger partial charge < -0.3 is 9.52 Å². The zero-order chi connectivity index (χ0) is 19.8. The van der Waals surface area contributed by atoms with Crippen LogP contribution in [0.1, 0.15) is 16.7 Å². The molecule has 0 aliphatic heterocycles. The summed E-state index contributed by atoms with van der Waals surface area (Å²) in [7, 11) is 0. The van der Waals surface area contributed by atoms with Crippen molar-refractivity contribution in [1.29, 1.82) is 0 Å². The summed E-state index contributed by atoms with van der Waals surface area (Å²) >= 11 is 0. The van der Waals surface area contributed by atoms with Crippen LogP contribution >= 0.6 is 0 Å². The molecule has 0 spiro atoms. The van der Waals surface area contributed by atoms with Gasteiger partial charge in [-0.2, -0.15) is 0 Å². The number of benzene rings is 2. The molecule has 6 nitrogen and oxygen atoms in total. The van der Waals surface area contributed by atoms with Crippen molar-refractivity contribution in [1.82, 2.24) is 10.4 Å². The summed E-state index contributed by atoms with van der Waals surface area (Å²) in [5.41, 5.74) is 5.68. The Morgan fingerprint density at radius 2 is 1.86 bits per heavy atom. The Kier molecular flexibility index (Phi) is 6.97. The van der Waals surface area contributed by atoms with Crippen molar-refractivity contribution in [3.8, 4) is 0 Å². The number of fused-ring (bicyclic) bond motifs is 1. The van der Waals surface area contributed by atoms with E-state index in [2.05, 4.69) is 17.0 Å². The number of nitrogens with one attached hydrogen (secondary N) is 1. The summed E-state index contributed by atoms with van der Waals surface area (Å²) < 4.78 is 5.38. The van der Waals surface area contributed by atoms with Gasteiger partial charge in [-0.3, -0.25) is 14.9 Å². The fraction of sp³-hybridized carbons (Fsp3) is 0.227. The lowest BCUT2D eigenvalue weighted by Crippen LogP contribution is -2.28. The molecule has 3 aromatic rings. The molecule has 146 valence electrons. The molecule has 1 amide bonds. The van der Waals surface area contributed by atoms with Gasteiger partial charge in [-0.15, -0.1) is 0 Å². The minimum Gasteiger partial charge on any atom is -0.464 e. The molecule has 3 rings (SSSR count). The minimum atomic E-state index is -0.563. The number of carbonyl (C=O) groups is 1. The summed E-state index contributed by atoms with van der Waals surface area (Å²) in [6.45, 7) is 2.28. The van der Waals surface area contributed by atoms with Crippen LogP contribution < -0.4 is 5.48 Å². The Morgan fingerprint density at radius 1 is 1.07 bits per heavy atom. The molecule has 0 aliphatic rings. The average Bonchev–Trinajstić information content (AvgIpc) is 3.19. The summed E-state index contributed by atoms with van der Waals surface area (Å²) in [4.78, 5) is 13.2. The second-order valence-corrected chi connectivity index (χ2v) is 6.59. The number of nitrogens with zero attached hydrogens (tertiary/aromatic N) is 1. The molecule has 1 aromatic heterocycles. The highest BCUT2D eigenvalue weighted by Gasteiger charge is 2.07. The number of aliphatic hydroxyl groups is 1. The van der Waals surface area contributed by atoms with E-state index < -0.39 is 5.91 Å². The number of amides is 1. The van der Waals surface area contributed by atoms with E-state index in [4.69, 9.17) is 9.62 Å². The van der Waals surface area contributed by atoms with Gasteiger partial charge in [0.25, 0.3) is 5.91 Å². The van der Waals surface area contributed by atoms with Crippen LogP contribution in [0.2, 0.25) is 0 Å². The van der Waals surface area contributed by atoms with Crippen molar-refractivity contribution in [3.63, 3.8) is 0 Å². The van der Waals surface area contributed by atoms with Gasteiger partial charge in [-0.1, -0.05) is 30.3 Å². The van der Waals surface area contributed by atoms with Crippen molar-refractivity contribution in [2.75, 3.05) is 19.7 Å². The summed E-state index contributed by atoms with van der Waals surface area (Å²) in [5.74, 6) is -0.563. The molecule has 0 fully saturated rings. The van der Waals surface area contributed by atoms with Crippen LogP contribution in [-0.2, 0) is 17.8 Å². The van der Waals surface area contributed by atoms with Crippen molar-refractivity contribution < 1.29 is 19.5 Å². The molecule has 2 aromatic carbocycles. The Labute approximate surface area is 163 Å². The Hall–Kier alpha value is -2.93. The molecule has 0 atom stereocenters. The van der Waals surface area contributed by atoms with E-state index in [0.717, 1.165) is 41.6 Å². The number of carbonyl (C=O) groups excluding carboxylic acids is 1. The number of aliphatic hydroxyl groups excluding tert-OH is 1. The smallest absolute Gasteiger partial charge is 0.267 e. The first kappa shape index (κ1) is 19.8. The van der Waals surface area contributed by atoms with Crippen LogP contribution in [-0.4, -0.2) is 40.8 Å². The van der Waals surface area contributed by atoms with Crippen LogP contribution in [0, 0.1) is 0 Å². The third-order valence-electron chi connectivity index (χ3n) is 4.57. The maximum Gasteiger partial charge on any atom is 0.267 e. The fourth-order valence-electron chi connectivity index (χ4n) is 3.07. The first-order valence-corrected chi connectivity index (χ1v) is 9.18. The van der Waals surface area contributed by atoms with Gasteiger partial charge in [-0.05, 0) is 47.4 Å². The highest BCUT2D eigenvalue weighted by Crippen LogP contribution is 2.18. The normalized spacial score (nSPS) is 11.5. The fourth-order valence-corrected chi connectivity index (χ4v) is 3.07. The molecule has 0 saturated carbocycles. The van der Waals surface area contributed by atoms with Gasteiger partial charge in [0.2, 0.25) is 0 Å². The van der Waals surface area contributed by atoms with E-state index in [-0.39, 0.29) is 6.61 Å². The van der Waals surface area contributed by atoms with Gasteiger partial charge in [0.1, 0.15) is 5.58 Å². The van der Waals surface area contributed by atoms with Gasteiger partial charge >= 0.3 is 0 Å². The zero-order valence-corrected chi connectivity index (χ0v) is 15.5. The number of hydrogen-bond donors (Lipinski definition) is 3. The Bertz CT molecular complexity index is 931. The van der Waals surface area contributed by atoms with E-state index in [1.807, 2.05) is 36.4 Å². The molecule has 28 heavy (non-hydrogen) atoms. The second-order valence-electron chi connectivity index (χ2n) is 6.59. The molecule has 0 saturated heterocycles. The van der Waals surface area contributed by atoms with Gasteiger partial charge in [0.05, 0.1) is 12.9 Å². The van der Waals surface area contributed by atoms with E-state index >= 15 is 0 Å². The molecule has 0 radical (unpaired) electrons. The van der Waals surface area contributed by atoms with E-state index in [0.29, 0.717) is 6.54 Å². The van der Waals surface area contributed by atoms with Crippen molar-refractivity contribution in [2.45, 2.75) is 13.0 Å². The summed E-state index contributed by atoms with van der Waals surface area (Å²) in [6.07, 6.45) is 5.48. The van der Waals surface area contributed by atoms with E-state index in [1.54, 1.807) is 17.8 Å². The highest BCUT2D eigenvalue weighted by atomic mass is 16.5. The highest BCUT2D eigenvalue weighted by molar-refractivity contribution is 5.90. The first-order valence-electron chi connectivity index (χ1n) is 9.18. The van der Waals surface area contributed by atoms with Crippen molar-refractivity contribution >= 4 is 23.0 Å². The standard InChI is InChI=1S/C22H24N2O4/c25-13-12-24(11-9-18-5-7-21-20(15-18)10-14-28-21)16-19-3-1-17(2-4-19)6-8-22(26)23-27/h1-8,10,14-15,25,27H,9,11-13,16H2,(H,23,26)/b8-6+. The SMILES string of the molecule is O=C(/C=C/c1ccc(CN(CCO)CCc2ccc3occc3c2)cc1)NO. The van der Waals surface area contributed by atoms with E-state index in [9.17, 15) is 9.90 Å². The quantitative estimate of drug-likeness (QED) is 0.302. The largest absolute Gasteiger partial charge is 0.464 e. The first-order chi connectivity index (χ1) is 13.7. The monoisotopic (exact) mass is 380 g/mol. The van der Waals surface area contributed by atoms with Crippen LogP contribution in [0.25, 0.3) is 17.0 Å². The Morgan fingerprint density at radius 3 is 2.61 bits per heavy atom. The topological polar surface area (TPSA) is 85.9 Å². The molecule has 1 heterocycles. The average molecular weight is 380 g/mol. The number of furan rings is 1. The number of hydroxylamine groups is 1. The van der Waals surface area contributed by atoms with Gasteiger partial charge in [-0.25, -0.2) is 5.48 Å². The zero-order valence-electron chi connectivity index (χ0n) is 15.5. The number of rotatable bonds is 9. The second kappa shape index (κ2) is 9.85. The molecule has 6 heteroatoms. The molecule has 0 aliphatic carbocycles. The minimum absolute atomic E-state index is 0.109. The molecule has 0 unspecified atom stereocenters. The lowest BCUT2D eigenvalue weighted by molar-refractivity contribution is -0.124. The predicted octanol–water partition coefficient (Wildman–Crippen LogP) is 2.99. The van der Waals surface area contributed by atoms with Crippen LogP contribution in [0.5, 0.6) is 0 Å². The molecular weight excluding hydrogens is 356 g/mol. The number of hydrogen-bond acceptors (Lipinski definition) is 5. The molecule has 0 bridgehead atoms.